The van der Waals surface area contributed by atoms with Crippen LogP contribution >= 0.6 is 0 Å². The number of anilines is 1. The molecule has 0 radical (unpaired) electrons. The van der Waals surface area contributed by atoms with Crippen LogP contribution in [0.3, 0.4) is 0 Å². The van der Waals surface area contributed by atoms with Crippen molar-refractivity contribution in [3.63, 3.8) is 0 Å². The molecular formula is C13H19N5O2. The minimum Gasteiger partial charge on any atom is -0.490 e. The summed E-state index contributed by atoms with van der Waals surface area (Å²) in [5.41, 5.74) is 1.05. The molecule has 0 unspecified atom stereocenters. The monoisotopic (exact) mass is 277 g/mol. The fourth-order valence-corrected chi connectivity index (χ4v) is 1.70. The van der Waals surface area contributed by atoms with Crippen molar-refractivity contribution in [2.24, 2.45) is 0 Å². The second kappa shape index (κ2) is 6.74. The van der Waals surface area contributed by atoms with Crippen molar-refractivity contribution in [2.75, 3.05) is 11.9 Å². The number of tetrazole rings is 1. The van der Waals surface area contributed by atoms with Crippen LogP contribution in [-0.4, -0.2) is 33.3 Å². The first-order chi connectivity index (χ1) is 9.69. The second-order valence-electron chi connectivity index (χ2n) is 4.47. The van der Waals surface area contributed by atoms with E-state index < -0.39 is 0 Å². The lowest BCUT2D eigenvalue weighted by atomic mass is 10.2. The lowest BCUT2D eigenvalue weighted by Gasteiger charge is -2.15. The van der Waals surface area contributed by atoms with Gasteiger partial charge in [-0.05, 0) is 43.7 Å². The molecule has 108 valence electrons. The summed E-state index contributed by atoms with van der Waals surface area (Å²) < 4.78 is 11.3. The molecule has 0 aliphatic rings. The molecule has 1 aromatic heterocycles. The summed E-state index contributed by atoms with van der Waals surface area (Å²) in [6.45, 7) is 7.10. The number of aromatic nitrogens is 4. The number of hydrogen-bond acceptors (Lipinski definition) is 6. The average molecular weight is 277 g/mol. The van der Waals surface area contributed by atoms with Gasteiger partial charge in [0.05, 0.1) is 12.7 Å². The molecule has 0 bridgehead atoms. The van der Waals surface area contributed by atoms with E-state index in [0.717, 1.165) is 17.1 Å². The van der Waals surface area contributed by atoms with Crippen LogP contribution in [0.15, 0.2) is 18.2 Å². The maximum atomic E-state index is 5.72. The van der Waals surface area contributed by atoms with Crippen LogP contribution in [0.4, 0.5) is 5.95 Å². The molecule has 20 heavy (non-hydrogen) atoms. The number of H-pyrrole nitrogens is 1. The molecule has 0 amide bonds. The van der Waals surface area contributed by atoms with E-state index in [1.165, 1.54) is 0 Å². The summed E-state index contributed by atoms with van der Waals surface area (Å²) >= 11 is 0. The molecule has 1 heterocycles. The molecule has 0 aliphatic heterocycles. The van der Waals surface area contributed by atoms with E-state index in [9.17, 15) is 0 Å². The van der Waals surface area contributed by atoms with E-state index in [-0.39, 0.29) is 6.10 Å². The molecule has 7 nitrogen and oxygen atoms in total. The molecule has 7 heteroatoms. The molecule has 0 spiro atoms. The maximum Gasteiger partial charge on any atom is 0.263 e. The smallest absolute Gasteiger partial charge is 0.263 e. The molecular weight excluding hydrogens is 258 g/mol. The third kappa shape index (κ3) is 3.84. The van der Waals surface area contributed by atoms with E-state index in [1.807, 2.05) is 39.0 Å². The van der Waals surface area contributed by atoms with Crippen molar-refractivity contribution in [2.45, 2.75) is 33.4 Å². The first-order valence-corrected chi connectivity index (χ1v) is 6.58. The van der Waals surface area contributed by atoms with E-state index >= 15 is 0 Å². The Kier molecular flexibility index (Phi) is 4.75. The topological polar surface area (TPSA) is 85.0 Å². The van der Waals surface area contributed by atoms with Crippen LogP contribution in [0.5, 0.6) is 11.5 Å². The predicted octanol–water partition coefficient (Wildman–Crippen LogP) is 2.00. The van der Waals surface area contributed by atoms with Crippen LogP contribution in [0, 0.1) is 0 Å². The zero-order valence-corrected chi connectivity index (χ0v) is 11.9. The van der Waals surface area contributed by atoms with Gasteiger partial charge in [-0.25, -0.2) is 0 Å². The summed E-state index contributed by atoms with van der Waals surface area (Å²) in [7, 11) is 0. The van der Waals surface area contributed by atoms with Gasteiger partial charge in [-0.3, -0.25) is 0 Å². The number of nitrogens with zero attached hydrogens (tertiary/aromatic N) is 3. The highest BCUT2D eigenvalue weighted by molar-refractivity contribution is 5.44. The molecule has 0 fully saturated rings. The molecule has 0 saturated carbocycles. The summed E-state index contributed by atoms with van der Waals surface area (Å²) in [6, 6.07) is 5.85. The zero-order valence-electron chi connectivity index (χ0n) is 11.9. The van der Waals surface area contributed by atoms with Crippen molar-refractivity contribution in [3.05, 3.63) is 23.8 Å². The number of benzene rings is 1. The van der Waals surface area contributed by atoms with Crippen LogP contribution in [0.1, 0.15) is 26.3 Å². The van der Waals surface area contributed by atoms with Gasteiger partial charge in [0.2, 0.25) is 0 Å². The van der Waals surface area contributed by atoms with Gasteiger partial charge in [0.15, 0.2) is 11.5 Å². The summed E-state index contributed by atoms with van der Waals surface area (Å²) in [6.07, 6.45) is 0.109. The van der Waals surface area contributed by atoms with Crippen LogP contribution in [-0.2, 0) is 6.54 Å². The largest absolute Gasteiger partial charge is 0.490 e. The first-order valence-electron chi connectivity index (χ1n) is 6.58. The first kappa shape index (κ1) is 14.1. The maximum absolute atomic E-state index is 5.72. The minimum absolute atomic E-state index is 0.109. The molecule has 0 atom stereocenters. The lowest BCUT2D eigenvalue weighted by molar-refractivity contribution is 0.223. The Balaban J connectivity index is 2.08. The predicted molar refractivity (Wildman–Crippen MR) is 74.9 cm³/mol. The Labute approximate surface area is 117 Å². The lowest BCUT2D eigenvalue weighted by Crippen LogP contribution is -2.08. The number of aromatic amines is 1. The molecule has 0 saturated heterocycles. The number of nitrogens with one attached hydrogen (secondary N) is 2. The third-order valence-electron chi connectivity index (χ3n) is 2.47. The van der Waals surface area contributed by atoms with Gasteiger partial charge in [-0.1, -0.05) is 11.2 Å². The quantitative estimate of drug-likeness (QED) is 0.805. The average Bonchev–Trinajstić information content (AvgIpc) is 2.92. The van der Waals surface area contributed by atoms with E-state index in [4.69, 9.17) is 9.47 Å². The number of ether oxygens (including phenoxy) is 2. The highest BCUT2D eigenvalue weighted by atomic mass is 16.5. The SMILES string of the molecule is CCOc1cc(CNc2nn[nH]n2)ccc1OC(C)C. The Morgan fingerprint density at radius 3 is 2.80 bits per heavy atom. The number of rotatable bonds is 7. The van der Waals surface area contributed by atoms with Crippen molar-refractivity contribution in [3.8, 4) is 11.5 Å². The van der Waals surface area contributed by atoms with Crippen molar-refractivity contribution in [1.82, 2.24) is 20.6 Å². The molecule has 2 aromatic rings. The van der Waals surface area contributed by atoms with Gasteiger partial charge >= 0.3 is 0 Å². The van der Waals surface area contributed by atoms with Crippen LogP contribution < -0.4 is 14.8 Å². The van der Waals surface area contributed by atoms with Gasteiger partial charge in [-0.15, -0.1) is 5.10 Å². The van der Waals surface area contributed by atoms with Gasteiger partial charge in [0.25, 0.3) is 5.95 Å². The van der Waals surface area contributed by atoms with E-state index in [2.05, 4.69) is 25.9 Å². The Bertz CT molecular complexity index is 528. The fourth-order valence-electron chi connectivity index (χ4n) is 1.70. The fraction of sp³-hybridized carbons (Fsp3) is 0.462. The Morgan fingerprint density at radius 1 is 1.30 bits per heavy atom. The van der Waals surface area contributed by atoms with Crippen molar-refractivity contribution >= 4 is 5.95 Å². The van der Waals surface area contributed by atoms with Gasteiger partial charge < -0.3 is 14.8 Å². The standard InChI is InChI=1S/C13H19N5O2/c1-4-19-12-7-10(5-6-11(12)20-9(2)3)8-14-13-15-17-18-16-13/h5-7,9H,4,8H2,1-3H3,(H2,14,15,16,17,18). The van der Waals surface area contributed by atoms with Crippen LogP contribution in [0.25, 0.3) is 0 Å². The minimum atomic E-state index is 0.109. The van der Waals surface area contributed by atoms with Gasteiger partial charge in [0, 0.05) is 6.54 Å². The van der Waals surface area contributed by atoms with Gasteiger partial charge in [-0.2, -0.15) is 5.21 Å². The molecule has 1 aromatic carbocycles. The van der Waals surface area contributed by atoms with E-state index in [0.29, 0.717) is 19.1 Å². The van der Waals surface area contributed by atoms with Crippen LogP contribution in [0.2, 0.25) is 0 Å². The highest BCUT2D eigenvalue weighted by Crippen LogP contribution is 2.29. The summed E-state index contributed by atoms with van der Waals surface area (Å²) in [5, 5.41) is 16.6. The normalized spacial score (nSPS) is 10.6. The molecule has 2 rings (SSSR count). The van der Waals surface area contributed by atoms with Crippen molar-refractivity contribution in [1.29, 1.82) is 0 Å². The summed E-state index contributed by atoms with van der Waals surface area (Å²) in [4.78, 5) is 0. The zero-order chi connectivity index (χ0) is 14.4. The van der Waals surface area contributed by atoms with Crippen molar-refractivity contribution < 1.29 is 9.47 Å². The molecule has 2 N–H and O–H groups in total. The second-order valence-corrected chi connectivity index (χ2v) is 4.47. The number of hydrogen-bond donors (Lipinski definition) is 2. The van der Waals surface area contributed by atoms with Gasteiger partial charge in [0.1, 0.15) is 0 Å². The third-order valence-corrected chi connectivity index (χ3v) is 2.47. The highest BCUT2D eigenvalue weighted by Gasteiger charge is 2.08. The Hall–Kier alpha value is -2.31. The Morgan fingerprint density at radius 2 is 2.15 bits per heavy atom. The summed E-state index contributed by atoms with van der Waals surface area (Å²) in [5.74, 6) is 1.96. The van der Waals surface area contributed by atoms with E-state index in [1.54, 1.807) is 0 Å². The molecule has 0 aliphatic carbocycles.